The van der Waals surface area contributed by atoms with E-state index in [9.17, 15) is 0 Å². The zero-order valence-corrected chi connectivity index (χ0v) is 12.0. The minimum Gasteiger partial charge on any atom is -0.398 e. The molecule has 2 rings (SSSR count). The second-order valence-corrected chi connectivity index (χ2v) is 6.02. The van der Waals surface area contributed by atoms with Crippen molar-refractivity contribution in [1.29, 1.82) is 0 Å². The smallest absolute Gasteiger partial charge is 0.0461 e. The van der Waals surface area contributed by atoms with E-state index in [0.29, 0.717) is 5.41 Å². The number of nitrogens with one attached hydrogen (secondary N) is 1. The van der Waals surface area contributed by atoms with Crippen LogP contribution >= 0.6 is 15.9 Å². The van der Waals surface area contributed by atoms with Gasteiger partial charge in [-0.05, 0) is 58.3 Å². The quantitative estimate of drug-likeness (QED) is 0.813. The molecule has 0 atom stereocenters. The number of halogens is 1. The van der Waals surface area contributed by atoms with Gasteiger partial charge in [0, 0.05) is 23.2 Å². The molecule has 1 aliphatic carbocycles. The van der Waals surface area contributed by atoms with E-state index in [1.165, 1.54) is 31.2 Å². The van der Waals surface area contributed by atoms with Crippen molar-refractivity contribution >= 4 is 21.6 Å². The molecule has 94 valence electrons. The number of nitrogens with two attached hydrogens (primary N) is 1. The van der Waals surface area contributed by atoms with Crippen LogP contribution in [-0.4, -0.2) is 6.54 Å². The largest absolute Gasteiger partial charge is 0.398 e. The maximum atomic E-state index is 5.87. The molecule has 1 aliphatic rings. The first kappa shape index (κ1) is 12.9. The highest BCUT2D eigenvalue weighted by atomic mass is 79.9. The zero-order valence-electron chi connectivity index (χ0n) is 10.4. The molecule has 0 aliphatic heterocycles. The lowest BCUT2D eigenvalue weighted by atomic mass is 9.67. The Labute approximate surface area is 112 Å². The van der Waals surface area contributed by atoms with E-state index < -0.39 is 0 Å². The van der Waals surface area contributed by atoms with Crippen molar-refractivity contribution in [3.05, 3.63) is 28.2 Å². The van der Waals surface area contributed by atoms with Crippen molar-refractivity contribution in [2.24, 2.45) is 5.41 Å². The average molecular weight is 297 g/mol. The molecular formula is C14H21BrN2. The Morgan fingerprint density at radius 1 is 1.41 bits per heavy atom. The van der Waals surface area contributed by atoms with E-state index in [1.54, 1.807) is 0 Å². The van der Waals surface area contributed by atoms with E-state index in [4.69, 9.17) is 5.73 Å². The Bertz CT molecular complexity index is 380. The van der Waals surface area contributed by atoms with Crippen LogP contribution in [0, 0.1) is 5.41 Å². The van der Waals surface area contributed by atoms with Gasteiger partial charge in [-0.2, -0.15) is 0 Å². The van der Waals surface area contributed by atoms with Crippen molar-refractivity contribution in [3.63, 3.8) is 0 Å². The standard InChI is InChI=1S/C14H21BrN2/c1-2-14(6-3-7-14)10-17-9-11-4-5-12(15)13(16)8-11/h4-5,8,17H,2-3,6-7,9-10,16H2,1H3. The minimum absolute atomic E-state index is 0.584. The molecule has 0 heterocycles. The summed E-state index contributed by atoms with van der Waals surface area (Å²) >= 11 is 3.42. The van der Waals surface area contributed by atoms with Gasteiger partial charge in [-0.25, -0.2) is 0 Å². The summed E-state index contributed by atoms with van der Waals surface area (Å²) in [6.07, 6.45) is 5.47. The molecule has 0 spiro atoms. The van der Waals surface area contributed by atoms with E-state index in [0.717, 1.165) is 23.2 Å². The number of benzene rings is 1. The average Bonchev–Trinajstić information content (AvgIpc) is 2.27. The van der Waals surface area contributed by atoms with Gasteiger partial charge in [-0.3, -0.25) is 0 Å². The van der Waals surface area contributed by atoms with Gasteiger partial charge in [0.05, 0.1) is 0 Å². The second-order valence-electron chi connectivity index (χ2n) is 5.17. The molecule has 0 bridgehead atoms. The number of hydrogen-bond acceptors (Lipinski definition) is 2. The van der Waals surface area contributed by atoms with E-state index in [-0.39, 0.29) is 0 Å². The number of anilines is 1. The summed E-state index contributed by atoms with van der Waals surface area (Å²) in [4.78, 5) is 0. The lowest BCUT2D eigenvalue weighted by molar-refractivity contribution is 0.124. The van der Waals surface area contributed by atoms with Crippen LogP contribution in [0.2, 0.25) is 0 Å². The summed E-state index contributed by atoms with van der Waals surface area (Å²) in [6.45, 7) is 4.36. The van der Waals surface area contributed by atoms with E-state index >= 15 is 0 Å². The molecule has 1 aromatic rings. The molecule has 0 aromatic heterocycles. The maximum Gasteiger partial charge on any atom is 0.0461 e. The number of rotatable bonds is 5. The SMILES string of the molecule is CCC1(CNCc2ccc(Br)c(N)c2)CCC1. The van der Waals surface area contributed by atoms with Gasteiger partial charge in [-0.15, -0.1) is 0 Å². The highest BCUT2D eigenvalue weighted by Crippen LogP contribution is 2.43. The molecule has 0 unspecified atom stereocenters. The maximum absolute atomic E-state index is 5.87. The van der Waals surface area contributed by atoms with Crippen LogP contribution in [0.3, 0.4) is 0 Å². The lowest BCUT2D eigenvalue weighted by Gasteiger charge is -2.41. The third kappa shape index (κ3) is 3.02. The highest BCUT2D eigenvalue weighted by Gasteiger charge is 2.34. The molecular weight excluding hydrogens is 276 g/mol. The highest BCUT2D eigenvalue weighted by molar-refractivity contribution is 9.10. The third-order valence-electron chi connectivity index (χ3n) is 4.05. The molecule has 0 amide bonds. The molecule has 0 saturated heterocycles. The predicted molar refractivity (Wildman–Crippen MR) is 76.8 cm³/mol. The van der Waals surface area contributed by atoms with Crippen molar-refractivity contribution in [2.75, 3.05) is 12.3 Å². The summed E-state index contributed by atoms with van der Waals surface area (Å²) in [5, 5.41) is 3.57. The first-order valence-corrected chi connectivity index (χ1v) is 7.19. The van der Waals surface area contributed by atoms with Gasteiger partial charge in [0.25, 0.3) is 0 Å². The molecule has 1 saturated carbocycles. The monoisotopic (exact) mass is 296 g/mol. The normalized spacial score (nSPS) is 17.8. The fraction of sp³-hybridized carbons (Fsp3) is 0.571. The van der Waals surface area contributed by atoms with Gasteiger partial charge in [0.2, 0.25) is 0 Å². The molecule has 3 N–H and O–H groups in total. The minimum atomic E-state index is 0.584. The molecule has 1 fully saturated rings. The van der Waals surface area contributed by atoms with Crippen molar-refractivity contribution < 1.29 is 0 Å². The van der Waals surface area contributed by atoms with Gasteiger partial charge in [-0.1, -0.05) is 19.4 Å². The Balaban J connectivity index is 1.83. The fourth-order valence-electron chi connectivity index (χ4n) is 2.51. The van der Waals surface area contributed by atoms with Crippen LogP contribution in [0.5, 0.6) is 0 Å². The summed E-state index contributed by atoms with van der Waals surface area (Å²) < 4.78 is 0.977. The van der Waals surface area contributed by atoms with Crippen LogP contribution in [0.25, 0.3) is 0 Å². The van der Waals surface area contributed by atoms with Crippen LogP contribution in [0.1, 0.15) is 38.2 Å². The van der Waals surface area contributed by atoms with Crippen molar-refractivity contribution in [3.8, 4) is 0 Å². The number of nitrogen functional groups attached to an aromatic ring is 1. The van der Waals surface area contributed by atoms with Crippen molar-refractivity contribution in [2.45, 2.75) is 39.2 Å². The Morgan fingerprint density at radius 3 is 2.71 bits per heavy atom. The zero-order chi connectivity index (χ0) is 12.3. The molecule has 17 heavy (non-hydrogen) atoms. The lowest BCUT2D eigenvalue weighted by Crippen LogP contribution is -2.39. The molecule has 0 radical (unpaired) electrons. The third-order valence-corrected chi connectivity index (χ3v) is 4.78. The Hall–Kier alpha value is -0.540. The van der Waals surface area contributed by atoms with Gasteiger partial charge in [0.15, 0.2) is 0 Å². The first-order valence-electron chi connectivity index (χ1n) is 6.40. The molecule has 3 heteroatoms. The summed E-state index contributed by atoms with van der Waals surface area (Å²) in [5.74, 6) is 0. The molecule has 2 nitrogen and oxygen atoms in total. The number of hydrogen-bond donors (Lipinski definition) is 2. The Morgan fingerprint density at radius 2 is 2.18 bits per heavy atom. The molecule has 1 aromatic carbocycles. The van der Waals surface area contributed by atoms with Crippen LogP contribution < -0.4 is 11.1 Å². The fourth-order valence-corrected chi connectivity index (χ4v) is 2.75. The van der Waals surface area contributed by atoms with E-state index in [2.05, 4.69) is 34.2 Å². The summed E-state index contributed by atoms with van der Waals surface area (Å²) in [7, 11) is 0. The van der Waals surface area contributed by atoms with Gasteiger partial charge >= 0.3 is 0 Å². The van der Waals surface area contributed by atoms with Crippen LogP contribution in [0.4, 0.5) is 5.69 Å². The summed E-state index contributed by atoms with van der Waals surface area (Å²) in [6, 6.07) is 6.18. The van der Waals surface area contributed by atoms with Gasteiger partial charge in [0.1, 0.15) is 0 Å². The second kappa shape index (κ2) is 5.40. The van der Waals surface area contributed by atoms with Crippen LogP contribution in [0.15, 0.2) is 22.7 Å². The van der Waals surface area contributed by atoms with E-state index in [1.807, 2.05) is 12.1 Å². The Kier molecular flexibility index (Phi) is 4.10. The van der Waals surface area contributed by atoms with Crippen LogP contribution in [-0.2, 0) is 6.54 Å². The predicted octanol–water partition coefficient (Wildman–Crippen LogP) is 3.70. The topological polar surface area (TPSA) is 38.0 Å². The first-order chi connectivity index (χ1) is 8.15. The van der Waals surface area contributed by atoms with Gasteiger partial charge < -0.3 is 11.1 Å². The van der Waals surface area contributed by atoms with Crippen molar-refractivity contribution in [1.82, 2.24) is 5.32 Å². The summed E-state index contributed by atoms with van der Waals surface area (Å²) in [5.41, 5.74) is 8.53.